The summed E-state index contributed by atoms with van der Waals surface area (Å²) < 4.78 is 13.3. The van der Waals surface area contributed by atoms with Gasteiger partial charge in [0.2, 0.25) is 0 Å². The molecule has 0 fully saturated rings. The second-order valence-electron chi connectivity index (χ2n) is 1.45. The van der Waals surface area contributed by atoms with Crippen molar-refractivity contribution >= 4 is 28.4 Å². The van der Waals surface area contributed by atoms with E-state index in [0.29, 0.717) is 6.61 Å². The summed E-state index contributed by atoms with van der Waals surface area (Å²) >= 11 is -2.69. The summed E-state index contributed by atoms with van der Waals surface area (Å²) in [6, 6.07) is 0. The second-order valence-corrected chi connectivity index (χ2v) is 5.89. The van der Waals surface area contributed by atoms with E-state index >= 15 is 0 Å². The maximum absolute atomic E-state index is 8.52. The molecule has 8 heavy (non-hydrogen) atoms. The Balaban J connectivity index is 2.72. The maximum atomic E-state index is 8.52. The SMILES string of the molecule is CCCC[O][Sn]([OH])[Cl]. The van der Waals surface area contributed by atoms with Gasteiger partial charge in [-0.3, -0.25) is 0 Å². The fraction of sp³-hybridized carbons (Fsp3) is 1.00. The van der Waals surface area contributed by atoms with Crippen molar-refractivity contribution in [1.29, 1.82) is 0 Å². The van der Waals surface area contributed by atoms with Gasteiger partial charge in [0, 0.05) is 0 Å². The van der Waals surface area contributed by atoms with Crippen molar-refractivity contribution in [3.05, 3.63) is 0 Å². The van der Waals surface area contributed by atoms with E-state index in [-0.39, 0.29) is 0 Å². The van der Waals surface area contributed by atoms with Crippen molar-refractivity contribution in [3.8, 4) is 0 Å². The monoisotopic (exact) mass is 245 g/mol. The van der Waals surface area contributed by atoms with E-state index in [0.717, 1.165) is 12.8 Å². The first-order valence-corrected chi connectivity index (χ1v) is 8.67. The third-order valence-corrected chi connectivity index (χ3v) is 2.71. The molecule has 0 rings (SSSR count). The molecule has 2 nitrogen and oxygen atoms in total. The van der Waals surface area contributed by atoms with Crippen molar-refractivity contribution in [3.63, 3.8) is 0 Å². The van der Waals surface area contributed by atoms with Crippen LogP contribution in [0.2, 0.25) is 0 Å². The first-order valence-electron chi connectivity index (χ1n) is 2.61. The molecule has 0 atom stereocenters. The minimum absolute atomic E-state index is 0.630. The van der Waals surface area contributed by atoms with Crippen LogP contribution in [-0.4, -0.2) is 29.5 Å². The van der Waals surface area contributed by atoms with E-state index < -0.39 is 19.5 Å². The van der Waals surface area contributed by atoms with E-state index in [1.54, 1.807) is 0 Å². The molecule has 4 heteroatoms. The van der Waals surface area contributed by atoms with Gasteiger partial charge in [-0.05, 0) is 0 Å². The van der Waals surface area contributed by atoms with E-state index in [1.165, 1.54) is 0 Å². The van der Waals surface area contributed by atoms with Crippen LogP contribution in [0.4, 0.5) is 0 Å². The van der Waals surface area contributed by atoms with Gasteiger partial charge in [-0.1, -0.05) is 0 Å². The molecule has 0 heterocycles. The predicted octanol–water partition coefficient (Wildman–Crippen LogP) is 1.02. The quantitative estimate of drug-likeness (QED) is 0.591. The van der Waals surface area contributed by atoms with Crippen LogP contribution in [0.15, 0.2) is 0 Å². The average molecular weight is 244 g/mol. The standard InChI is InChI=1S/C4H9O.ClH.H2O.Sn/c1-2-3-4-5;;;/h2-4H2,1H3;1H;1H2;/q-1;;;+3/p-2. The van der Waals surface area contributed by atoms with Crippen LogP contribution in [0.25, 0.3) is 0 Å². The van der Waals surface area contributed by atoms with Gasteiger partial charge in [0.25, 0.3) is 0 Å². The van der Waals surface area contributed by atoms with Crippen LogP contribution in [0.3, 0.4) is 0 Å². The average Bonchev–Trinajstić information content (AvgIpc) is 1.66. The molecule has 0 aromatic rings. The summed E-state index contributed by atoms with van der Waals surface area (Å²) in [7, 11) is 5.24. The molecule has 0 amide bonds. The molecular formula is C4H10ClO2Sn. The molecule has 0 saturated carbocycles. The summed E-state index contributed by atoms with van der Waals surface area (Å²) in [5.74, 6) is 0. The fourth-order valence-electron chi connectivity index (χ4n) is 0.301. The second kappa shape index (κ2) is 6.13. The van der Waals surface area contributed by atoms with Gasteiger partial charge >= 0.3 is 61.3 Å². The number of hydrogen-bond acceptors (Lipinski definition) is 2. The van der Waals surface area contributed by atoms with Gasteiger partial charge in [-0.2, -0.15) is 0 Å². The predicted molar refractivity (Wildman–Crippen MR) is 34.7 cm³/mol. The molecule has 49 valence electrons. The van der Waals surface area contributed by atoms with E-state index in [9.17, 15) is 0 Å². The molecule has 0 aliphatic carbocycles. The third kappa shape index (κ3) is 7.01. The van der Waals surface area contributed by atoms with E-state index in [2.05, 4.69) is 6.92 Å². The number of halogens is 1. The van der Waals surface area contributed by atoms with E-state index in [4.69, 9.17) is 15.4 Å². The van der Waals surface area contributed by atoms with Gasteiger partial charge in [-0.15, -0.1) is 0 Å². The zero-order valence-electron chi connectivity index (χ0n) is 4.85. The summed E-state index contributed by atoms with van der Waals surface area (Å²) in [5.41, 5.74) is 0. The Morgan fingerprint density at radius 2 is 2.38 bits per heavy atom. The number of unbranched alkanes of at least 4 members (excludes halogenated alkanes) is 1. The third-order valence-electron chi connectivity index (χ3n) is 0.719. The summed E-state index contributed by atoms with van der Waals surface area (Å²) in [4.78, 5) is 0. The Morgan fingerprint density at radius 1 is 1.75 bits per heavy atom. The Labute approximate surface area is 61.3 Å². The van der Waals surface area contributed by atoms with Gasteiger partial charge in [-0.25, -0.2) is 0 Å². The van der Waals surface area contributed by atoms with Crippen LogP contribution < -0.4 is 0 Å². The number of hydrogen-bond donors (Lipinski definition) is 1. The molecule has 0 spiro atoms. The molecule has 0 aliphatic rings. The van der Waals surface area contributed by atoms with Crippen molar-refractivity contribution in [2.75, 3.05) is 6.61 Å². The minimum atomic E-state index is -2.69. The molecule has 0 aromatic carbocycles. The van der Waals surface area contributed by atoms with Crippen molar-refractivity contribution < 1.29 is 6.52 Å². The van der Waals surface area contributed by atoms with Gasteiger partial charge in [0.05, 0.1) is 0 Å². The summed E-state index contributed by atoms with van der Waals surface area (Å²) in [6.07, 6.45) is 2.09. The molecule has 0 aliphatic heterocycles. The van der Waals surface area contributed by atoms with Crippen molar-refractivity contribution in [1.82, 2.24) is 0 Å². The molecular weight excluding hydrogens is 234 g/mol. The summed E-state index contributed by atoms with van der Waals surface area (Å²) in [5, 5.41) is 0. The van der Waals surface area contributed by atoms with Crippen LogP contribution in [0.5, 0.6) is 0 Å². The fourth-order valence-corrected chi connectivity index (χ4v) is 1.71. The normalized spacial score (nSPS) is 10.5. The molecule has 0 bridgehead atoms. The molecule has 0 unspecified atom stereocenters. The summed E-state index contributed by atoms with van der Waals surface area (Å²) in [6.45, 7) is 2.70. The van der Waals surface area contributed by atoms with Crippen molar-refractivity contribution in [2.45, 2.75) is 19.8 Å². The van der Waals surface area contributed by atoms with Crippen LogP contribution in [-0.2, 0) is 3.07 Å². The molecule has 0 aromatic heterocycles. The Hall–Kier alpha value is 1.01. The molecule has 1 radical (unpaired) electrons. The Kier molecular flexibility index (Phi) is 6.91. The number of rotatable bonds is 4. The zero-order chi connectivity index (χ0) is 6.41. The molecule has 0 saturated heterocycles. The first-order chi connectivity index (χ1) is 3.77. The van der Waals surface area contributed by atoms with Crippen LogP contribution >= 0.6 is 8.92 Å². The Morgan fingerprint density at radius 3 is 2.75 bits per heavy atom. The zero-order valence-corrected chi connectivity index (χ0v) is 8.46. The van der Waals surface area contributed by atoms with Gasteiger partial charge in [0.1, 0.15) is 0 Å². The van der Waals surface area contributed by atoms with Crippen molar-refractivity contribution in [2.24, 2.45) is 0 Å². The molecule has 1 N–H and O–H groups in total. The topological polar surface area (TPSA) is 29.5 Å². The van der Waals surface area contributed by atoms with Crippen LogP contribution in [0.1, 0.15) is 19.8 Å². The Bertz CT molecular complexity index is 51.3. The van der Waals surface area contributed by atoms with Gasteiger partial charge in [0.15, 0.2) is 0 Å². The van der Waals surface area contributed by atoms with E-state index in [1.807, 2.05) is 0 Å². The van der Waals surface area contributed by atoms with Crippen LogP contribution in [0, 0.1) is 0 Å². The first kappa shape index (κ1) is 9.01. The van der Waals surface area contributed by atoms with Gasteiger partial charge < -0.3 is 0 Å².